The molecular weight excluding hydrogens is 560 g/mol. The summed E-state index contributed by atoms with van der Waals surface area (Å²) >= 11 is 0. The van der Waals surface area contributed by atoms with Gasteiger partial charge in [-0.15, -0.1) is 0 Å². The third-order valence-corrected chi connectivity index (χ3v) is 10.3. The number of morpholine rings is 1. The number of likely N-dealkylation sites (tertiary alicyclic amines) is 1. The van der Waals surface area contributed by atoms with Crippen LogP contribution in [0, 0.1) is 0 Å². The van der Waals surface area contributed by atoms with Crippen molar-refractivity contribution in [1.29, 1.82) is 0 Å². The predicted molar refractivity (Wildman–Crippen MR) is 184 cm³/mol. The minimum absolute atomic E-state index is 0.0828. The molecule has 8 heteroatoms. The van der Waals surface area contributed by atoms with E-state index in [1.54, 1.807) is 0 Å². The molecule has 8 nitrogen and oxygen atoms in total. The highest BCUT2D eigenvalue weighted by Gasteiger charge is 2.42. The lowest BCUT2D eigenvalue weighted by Crippen LogP contribution is -2.59. The first-order chi connectivity index (χ1) is 21.8. The molecule has 244 valence electrons. The standard InChI is InChI=1S/C37H54N6O2/c1-6-11-34(41-23-27(3)38-28(4)24-41)35-39-33-15-14-31(22-32(33)36(44)43(35)7-2)42-25-29(5)45-37(26-42)17-20-40(21-18-37)19-16-30-12-9-8-10-13-30/h8-10,12-15,22,27-29,34,38H,6-7,11,16-21,23-26H2,1-5H3/t27-,28+,29?,34?. The minimum atomic E-state index is -0.146. The van der Waals surface area contributed by atoms with E-state index in [1.165, 1.54) is 5.56 Å². The van der Waals surface area contributed by atoms with Gasteiger partial charge >= 0.3 is 0 Å². The summed E-state index contributed by atoms with van der Waals surface area (Å²) in [5.74, 6) is 0.920. The van der Waals surface area contributed by atoms with Crippen LogP contribution in [-0.4, -0.2) is 89.0 Å². The molecule has 3 saturated heterocycles. The molecule has 2 aromatic carbocycles. The van der Waals surface area contributed by atoms with Crippen LogP contribution >= 0.6 is 0 Å². The normalized spacial score (nSPS) is 25.2. The van der Waals surface area contributed by atoms with Gasteiger partial charge in [0.2, 0.25) is 0 Å². The van der Waals surface area contributed by atoms with Crippen LogP contribution in [-0.2, 0) is 17.7 Å². The molecule has 0 amide bonds. The number of benzene rings is 2. The fourth-order valence-electron chi connectivity index (χ4n) is 8.17. The van der Waals surface area contributed by atoms with E-state index in [0.29, 0.717) is 18.6 Å². The molecule has 0 bridgehead atoms. The molecule has 45 heavy (non-hydrogen) atoms. The monoisotopic (exact) mass is 614 g/mol. The molecule has 2 unspecified atom stereocenters. The second kappa shape index (κ2) is 13.9. The van der Waals surface area contributed by atoms with Gasteiger partial charge in [-0.05, 0) is 77.1 Å². The smallest absolute Gasteiger partial charge is 0.261 e. The lowest BCUT2D eigenvalue weighted by molar-refractivity contribution is -0.126. The Morgan fingerprint density at radius 3 is 2.42 bits per heavy atom. The zero-order chi connectivity index (χ0) is 31.6. The van der Waals surface area contributed by atoms with Crippen molar-refractivity contribution in [2.24, 2.45) is 0 Å². The number of nitrogens with zero attached hydrogens (tertiary/aromatic N) is 5. The second-order valence-corrected chi connectivity index (χ2v) is 14.0. The maximum Gasteiger partial charge on any atom is 0.261 e. The molecule has 3 aromatic rings. The summed E-state index contributed by atoms with van der Waals surface area (Å²) in [6, 6.07) is 18.1. The van der Waals surface area contributed by atoms with E-state index < -0.39 is 0 Å². The van der Waals surface area contributed by atoms with Gasteiger partial charge in [-0.3, -0.25) is 14.3 Å². The topological polar surface area (TPSA) is 65.9 Å². The van der Waals surface area contributed by atoms with Gasteiger partial charge in [-0.1, -0.05) is 43.7 Å². The van der Waals surface area contributed by atoms with Crippen molar-refractivity contribution in [2.45, 2.75) is 103 Å². The Hall–Kier alpha value is -2.78. The molecular formula is C37H54N6O2. The van der Waals surface area contributed by atoms with E-state index in [-0.39, 0.29) is 23.3 Å². The highest BCUT2D eigenvalue weighted by atomic mass is 16.5. The van der Waals surface area contributed by atoms with Crippen LogP contribution in [0.4, 0.5) is 5.69 Å². The van der Waals surface area contributed by atoms with Crippen LogP contribution in [0.15, 0.2) is 53.3 Å². The molecule has 4 atom stereocenters. The van der Waals surface area contributed by atoms with Crippen molar-refractivity contribution in [3.05, 3.63) is 70.3 Å². The molecule has 0 aliphatic carbocycles. The van der Waals surface area contributed by atoms with E-state index in [4.69, 9.17) is 9.72 Å². The third-order valence-electron chi connectivity index (χ3n) is 10.3. The van der Waals surface area contributed by atoms with Crippen molar-refractivity contribution >= 4 is 16.6 Å². The summed E-state index contributed by atoms with van der Waals surface area (Å²) in [5.41, 5.74) is 3.25. The third kappa shape index (κ3) is 7.14. The SMILES string of the molecule is CCCC(c1nc2ccc(N3CC(C)OC4(CCN(CCc5ccccc5)CC4)C3)cc2c(=O)n1CC)N1C[C@@H](C)N[C@@H](C)C1. The number of piperazine rings is 1. The molecule has 1 aromatic heterocycles. The van der Waals surface area contributed by atoms with E-state index in [2.05, 4.69) is 103 Å². The number of piperidine rings is 1. The van der Waals surface area contributed by atoms with Crippen molar-refractivity contribution in [1.82, 2.24) is 24.7 Å². The van der Waals surface area contributed by atoms with Crippen LogP contribution in [0.2, 0.25) is 0 Å². The summed E-state index contributed by atoms with van der Waals surface area (Å²) in [4.78, 5) is 27.0. The van der Waals surface area contributed by atoms with E-state index >= 15 is 0 Å². The fraction of sp³-hybridized carbons (Fsp3) is 0.622. The summed E-state index contributed by atoms with van der Waals surface area (Å²) in [5, 5.41) is 4.38. The van der Waals surface area contributed by atoms with Gasteiger partial charge in [0.25, 0.3) is 5.56 Å². The zero-order valence-electron chi connectivity index (χ0n) is 28.2. The van der Waals surface area contributed by atoms with Gasteiger partial charge in [0, 0.05) is 70.1 Å². The number of hydrogen-bond donors (Lipinski definition) is 1. The number of anilines is 1. The van der Waals surface area contributed by atoms with Gasteiger partial charge in [-0.2, -0.15) is 0 Å². The fourth-order valence-corrected chi connectivity index (χ4v) is 8.17. The summed E-state index contributed by atoms with van der Waals surface area (Å²) in [6.07, 6.45) is 5.34. The van der Waals surface area contributed by atoms with E-state index in [9.17, 15) is 4.79 Å². The number of hydrogen-bond acceptors (Lipinski definition) is 7. The number of ether oxygens (including phenoxy) is 1. The number of rotatable bonds is 9. The molecule has 0 radical (unpaired) electrons. The maximum atomic E-state index is 14.1. The Labute approximate surface area is 269 Å². The first-order valence-electron chi connectivity index (χ1n) is 17.5. The van der Waals surface area contributed by atoms with Crippen molar-refractivity contribution in [2.75, 3.05) is 50.7 Å². The summed E-state index contributed by atoms with van der Waals surface area (Å²) in [7, 11) is 0. The Morgan fingerprint density at radius 1 is 1.00 bits per heavy atom. The van der Waals surface area contributed by atoms with E-state index in [0.717, 1.165) is 100 Å². The Bertz CT molecular complexity index is 1470. The number of aromatic nitrogens is 2. The van der Waals surface area contributed by atoms with Crippen LogP contribution < -0.4 is 15.8 Å². The van der Waals surface area contributed by atoms with Crippen LogP contribution in [0.5, 0.6) is 0 Å². The molecule has 1 spiro atoms. The Balaban J connectivity index is 1.21. The predicted octanol–water partition coefficient (Wildman–Crippen LogP) is 5.24. The average molecular weight is 615 g/mol. The van der Waals surface area contributed by atoms with E-state index in [1.807, 2.05) is 4.57 Å². The van der Waals surface area contributed by atoms with Crippen molar-refractivity contribution < 1.29 is 4.74 Å². The van der Waals surface area contributed by atoms with Crippen LogP contribution in [0.1, 0.15) is 77.7 Å². The molecule has 3 fully saturated rings. The molecule has 6 rings (SSSR count). The maximum absolute atomic E-state index is 14.1. The highest BCUT2D eigenvalue weighted by molar-refractivity contribution is 5.82. The van der Waals surface area contributed by atoms with Gasteiger partial charge in [-0.25, -0.2) is 4.98 Å². The lowest BCUT2D eigenvalue weighted by atomic mass is 9.88. The van der Waals surface area contributed by atoms with Gasteiger partial charge in [0.1, 0.15) is 5.82 Å². The summed E-state index contributed by atoms with van der Waals surface area (Å²) in [6.45, 7) is 18.5. The quantitative estimate of drug-likeness (QED) is 0.354. The van der Waals surface area contributed by atoms with Crippen molar-refractivity contribution in [3.8, 4) is 0 Å². The molecule has 3 aliphatic rings. The molecule has 1 N–H and O–H groups in total. The largest absolute Gasteiger partial charge is 0.368 e. The number of nitrogens with one attached hydrogen (secondary N) is 1. The second-order valence-electron chi connectivity index (χ2n) is 14.0. The van der Waals surface area contributed by atoms with Crippen molar-refractivity contribution in [3.63, 3.8) is 0 Å². The van der Waals surface area contributed by atoms with Gasteiger partial charge in [0.05, 0.1) is 28.6 Å². The van der Waals surface area contributed by atoms with Crippen LogP contribution in [0.3, 0.4) is 0 Å². The Kier molecular flexibility index (Phi) is 9.95. The summed E-state index contributed by atoms with van der Waals surface area (Å²) < 4.78 is 8.65. The highest BCUT2D eigenvalue weighted by Crippen LogP contribution is 2.35. The first kappa shape index (κ1) is 32.2. The minimum Gasteiger partial charge on any atom is -0.368 e. The van der Waals surface area contributed by atoms with Gasteiger partial charge < -0.3 is 19.9 Å². The lowest BCUT2D eigenvalue weighted by Gasteiger charge is -2.50. The molecule has 4 heterocycles. The Morgan fingerprint density at radius 2 is 1.73 bits per heavy atom. The van der Waals surface area contributed by atoms with Gasteiger partial charge in [0.15, 0.2) is 0 Å². The zero-order valence-corrected chi connectivity index (χ0v) is 28.2. The molecule has 0 saturated carbocycles. The van der Waals surface area contributed by atoms with Crippen LogP contribution in [0.25, 0.3) is 10.9 Å². The number of fused-ring (bicyclic) bond motifs is 1. The first-order valence-corrected chi connectivity index (χ1v) is 17.5. The molecule has 3 aliphatic heterocycles. The average Bonchev–Trinajstić information content (AvgIpc) is 3.03.